The molecule has 2 rings (SSSR count). The van der Waals surface area contributed by atoms with Crippen molar-refractivity contribution in [2.45, 2.75) is 18.8 Å². The predicted molar refractivity (Wildman–Crippen MR) is 68.2 cm³/mol. The fraction of sp³-hybridized carbons (Fsp3) is 0.417. The Labute approximate surface area is 115 Å². The van der Waals surface area contributed by atoms with Crippen molar-refractivity contribution in [1.29, 1.82) is 0 Å². The van der Waals surface area contributed by atoms with Gasteiger partial charge in [0.1, 0.15) is 6.61 Å². The second kappa shape index (κ2) is 6.76. The first-order valence-electron chi connectivity index (χ1n) is 6.05. The molecule has 1 aliphatic heterocycles. The first-order chi connectivity index (χ1) is 9.70. The molecule has 1 amide bonds. The third-order valence-corrected chi connectivity index (χ3v) is 2.92. The van der Waals surface area contributed by atoms with Gasteiger partial charge in [0.2, 0.25) is 0 Å². The van der Waals surface area contributed by atoms with Gasteiger partial charge in [0.25, 0.3) is 0 Å². The van der Waals surface area contributed by atoms with Crippen LogP contribution in [0.5, 0.6) is 0 Å². The van der Waals surface area contributed by atoms with E-state index in [0.29, 0.717) is 0 Å². The second-order valence-corrected chi connectivity index (χ2v) is 4.34. The monoisotopic (exact) mass is 278 g/mol. The standard InChI is InChI=1S/C12H14N4O4/c13-15-14-10-6-16(7-11(10)17)12(18)20-19-8-9-4-2-1-3-5-9/h1-5,10-11,17H,6-8H2/t10-,11-/m0/s1. The van der Waals surface area contributed by atoms with Crippen molar-refractivity contribution in [3.05, 3.63) is 46.3 Å². The van der Waals surface area contributed by atoms with Crippen LogP contribution in [0.1, 0.15) is 5.56 Å². The van der Waals surface area contributed by atoms with Gasteiger partial charge < -0.3 is 10.0 Å². The molecule has 0 saturated carbocycles. The SMILES string of the molecule is [N-]=[N+]=N[C@H]1CN(C(=O)OOCc2ccccc2)C[C@@H]1O. The van der Waals surface area contributed by atoms with Crippen molar-refractivity contribution in [3.63, 3.8) is 0 Å². The molecule has 1 heterocycles. The Morgan fingerprint density at radius 2 is 2.20 bits per heavy atom. The number of β-amino-alcohol motifs (C(OH)–C–C–N with tert-alkyl or cyclic N) is 1. The summed E-state index contributed by atoms with van der Waals surface area (Å²) in [6, 6.07) is 8.60. The zero-order chi connectivity index (χ0) is 14.4. The molecule has 0 radical (unpaired) electrons. The third-order valence-electron chi connectivity index (χ3n) is 2.92. The van der Waals surface area contributed by atoms with Gasteiger partial charge in [0.05, 0.1) is 18.7 Å². The normalized spacial score (nSPS) is 21.4. The van der Waals surface area contributed by atoms with E-state index in [1.54, 1.807) is 0 Å². The number of nitrogens with zero attached hydrogens (tertiary/aromatic N) is 4. The fourth-order valence-electron chi connectivity index (χ4n) is 1.87. The number of carbonyl (C=O) groups is 1. The Morgan fingerprint density at radius 1 is 1.45 bits per heavy atom. The summed E-state index contributed by atoms with van der Waals surface area (Å²) < 4.78 is 0. The summed E-state index contributed by atoms with van der Waals surface area (Å²) in [5, 5.41) is 13.0. The average molecular weight is 278 g/mol. The zero-order valence-electron chi connectivity index (χ0n) is 10.6. The van der Waals surface area contributed by atoms with Crippen molar-refractivity contribution in [3.8, 4) is 0 Å². The van der Waals surface area contributed by atoms with Gasteiger partial charge in [-0.2, -0.15) is 4.89 Å². The van der Waals surface area contributed by atoms with Crippen molar-refractivity contribution < 1.29 is 19.7 Å². The lowest BCUT2D eigenvalue weighted by atomic mass is 10.2. The van der Waals surface area contributed by atoms with E-state index in [0.717, 1.165) is 5.56 Å². The number of aliphatic hydroxyl groups is 1. The molecular weight excluding hydrogens is 264 g/mol. The molecule has 1 N–H and O–H groups in total. The number of amides is 1. The predicted octanol–water partition coefficient (Wildman–Crippen LogP) is 1.61. The van der Waals surface area contributed by atoms with Gasteiger partial charge in [-0.05, 0) is 11.1 Å². The number of aliphatic hydroxyl groups excluding tert-OH is 1. The van der Waals surface area contributed by atoms with Gasteiger partial charge in [-0.15, -0.1) is 0 Å². The van der Waals surface area contributed by atoms with Gasteiger partial charge in [0, 0.05) is 11.5 Å². The van der Waals surface area contributed by atoms with Crippen LogP contribution in [0.4, 0.5) is 4.79 Å². The highest BCUT2D eigenvalue weighted by Gasteiger charge is 2.34. The van der Waals surface area contributed by atoms with Crippen LogP contribution in [0, 0.1) is 0 Å². The molecule has 1 fully saturated rings. The van der Waals surface area contributed by atoms with Crippen LogP contribution in [0.2, 0.25) is 0 Å². The molecule has 2 atom stereocenters. The van der Waals surface area contributed by atoms with E-state index in [1.165, 1.54) is 4.90 Å². The van der Waals surface area contributed by atoms with E-state index >= 15 is 0 Å². The van der Waals surface area contributed by atoms with E-state index in [4.69, 9.17) is 10.4 Å². The van der Waals surface area contributed by atoms with Crippen LogP contribution >= 0.6 is 0 Å². The lowest BCUT2D eigenvalue weighted by molar-refractivity contribution is -0.255. The molecular formula is C12H14N4O4. The minimum absolute atomic E-state index is 0.0528. The lowest BCUT2D eigenvalue weighted by Gasteiger charge is -2.13. The smallest absolute Gasteiger partial charge is 0.391 e. The van der Waals surface area contributed by atoms with E-state index in [-0.39, 0.29) is 19.7 Å². The average Bonchev–Trinajstić information content (AvgIpc) is 2.82. The molecule has 20 heavy (non-hydrogen) atoms. The Kier molecular flexibility index (Phi) is 4.78. The van der Waals surface area contributed by atoms with Gasteiger partial charge >= 0.3 is 6.09 Å². The molecule has 0 aliphatic carbocycles. The maximum atomic E-state index is 11.7. The summed E-state index contributed by atoms with van der Waals surface area (Å²) in [5.74, 6) is 0. The zero-order valence-corrected chi connectivity index (χ0v) is 10.6. The van der Waals surface area contributed by atoms with Crippen LogP contribution in [0.15, 0.2) is 35.4 Å². The van der Waals surface area contributed by atoms with Gasteiger partial charge in [0.15, 0.2) is 0 Å². The van der Waals surface area contributed by atoms with Gasteiger partial charge in [-0.3, -0.25) is 4.89 Å². The summed E-state index contributed by atoms with van der Waals surface area (Å²) in [4.78, 5) is 25.0. The molecule has 0 aromatic heterocycles. The number of carbonyl (C=O) groups excluding carboxylic acids is 1. The van der Waals surface area contributed by atoms with E-state index < -0.39 is 18.2 Å². The molecule has 0 unspecified atom stereocenters. The Balaban J connectivity index is 1.77. The Bertz CT molecular complexity index is 503. The number of azide groups is 1. The summed E-state index contributed by atoms with van der Waals surface area (Å²) in [6.07, 6.45) is -1.59. The first kappa shape index (κ1) is 14.1. The Morgan fingerprint density at radius 3 is 2.90 bits per heavy atom. The largest absolute Gasteiger partial charge is 0.441 e. The van der Waals surface area contributed by atoms with Crippen molar-refractivity contribution in [2.24, 2.45) is 5.11 Å². The summed E-state index contributed by atoms with van der Waals surface area (Å²) in [6.45, 7) is 0.304. The topological polar surface area (TPSA) is 108 Å². The molecule has 1 aromatic rings. The minimum Gasteiger partial charge on any atom is -0.391 e. The number of hydrogen-bond acceptors (Lipinski definition) is 5. The van der Waals surface area contributed by atoms with E-state index in [9.17, 15) is 9.90 Å². The highest BCUT2D eigenvalue weighted by atomic mass is 17.2. The first-order valence-corrected chi connectivity index (χ1v) is 6.05. The number of rotatable bonds is 4. The van der Waals surface area contributed by atoms with Crippen LogP contribution < -0.4 is 0 Å². The van der Waals surface area contributed by atoms with Crippen molar-refractivity contribution in [2.75, 3.05) is 13.1 Å². The summed E-state index contributed by atoms with van der Waals surface area (Å²) >= 11 is 0. The van der Waals surface area contributed by atoms with Crippen LogP contribution in [-0.4, -0.2) is 41.3 Å². The molecule has 1 aliphatic rings. The van der Waals surface area contributed by atoms with Crippen LogP contribution in [0.25, 0.3) is 10.4 Å². The van der Waals surface area contributed by atoms with Gasteiger partial charge in [-0.25, -0.2) is 4.79 Å². The van der Waals surface area contributed by atoms with Crippen LogP contribution in [0.3, 0.4) is 0 Å². The summed E-state index contributed by atoms with van der Waals surface area (Å²) in [5.41, 5.74) is 9.19. The quantitative estimate of drug-likeness (QED) is 0.297. The lowest BCUT2D eigenvalue weighted by Crippen LogP contribution is -2.30. The van der Waals surface area contributed by atoms with E-state index in [1.807, 2.05) is 30.3 Å². The van der Waals surface area contributed by atoms with E-state index in [2.05, 4.69) is 14.9 Å². The molecule has 8 nitrogen and oxygen atoms in total. The van der Waals surface area contributed by atoms with Crippen molar-refractivity contribution >= 4 is 6.09 Å². The minimum atomic E-state index is -0.882. The number of likely N-dealkylation sites (tertiary alicyclic amines) is 1. The molecule has 1 aromatic carbocycles. The number of hydrogen-bond donors (Lipinski definition) is 1. The maximum Gasteiger partial charge on any atom is 0.441 e. The molecule has 0 spiro atoms. The highest BCUT2D eigenvalue weighted by molar-refractivity contribution is 5.67. The Hall–Kier alpha value is -2.28. The molecule has 0 bridgehead atoms. The molecule has 8 heteroatoms. The fourth-order valence-corrected chi connectivity index (χ4v) is 1.87. The number of benzene rings is 1. The third kappa shape index (κ3) is 3.61. The highest BCUT2D eigenvalue weighted by Crippen LogP contribution is 2.15. The molecule has 1 saturated heterocycles. The summed E-state index contributed by atoms with van der Waals surface area (Å²) in [7, 11) is 0. The van der Waals surface area contributed by atoms with Gasteiger partial charge in [-0.1, -0.05) is 35.4 Å². The van der Waals surface area contributed by atoms with Crippen molar-refractivity contribution in [1.82, 2.24) is 4.90 Å². The second-order valence-electron chi connectivity index (χ2n) is 4.34. The maximum absolute atomic E-state index is 11.7. The van der Waals surface area contributed by atoms with Crippen LogP contribution in [-0.2, 0) is 16.4 Å². The molecule has 106 valence electrons.